The highest BCUT2D eigenvalue weighted by molar-refractivity contribution is 6.04. The molecule has 1 amide bonds. The van der Waals surface area contributed by atoms with Gasteiger partial charge >= 0.3 is 5.97 Å². The minimum atomic E-state index is -0.851. The first-order chi connectivity index (χ1) is 13.9. The molecule has 0 aliphatic carbocycles. The second-order valence-electron chi connectivity index (χ2n) is 6.14. The first-order valence-corrected chi connectivity index (χ1v) is 8.66. The molecule has 0 bridgehead atoms. The van der Waals surface area contributed by atoms with Crippen LogP contribution in [0.2, 0.25) is 0 Å². The number of Topliss-reactive ketones (excluding diaryl/α,β-unsaturated/α-hetero) is 1. The fraction of sp³-hybridized carbons (Fsp3) is 0.143. The first kappa shape index (κ1) is 19.6. The van der Waals surface area contributed by atoms with Crippen LogP contribution in [0.4, 0.5) is 5.69 Å². The molecule has 0 aliphatic rings. The smallest absolute Gasteiger partial charge is 0.343 e. The quantitative estimate of drug-likeness (QED) is 0.510. The Morgan fingerprint density at radius 2 is 1.86 bits per heavy atom. The van der Waals surface area contributed by atoms with Gasteiger partial charge in [-0.3, -0.25) is 14.2 Å². The predicted molar refractivity (Wildman–Crippen MR) is 103 cm³/mol. The molecule has 0 aliphatic heterocycles. The van der Waals surface area contributed by atoms with Gasteiger partial charge in [-0.1, -0.05) is 12.1 Å². The third-order valence-corrected chi connectivity index (χ3v) is 4.14. The Morgan fingerprint density at radius 1 is 1.17 bits per heavy atom. The summed E-state index contributed by atoms with van der Waals surface area (Å²) in [5.74, 6) is -1.27. The Labute approximate surface area is 166 Å². The van der Waals surface area contributed by atoms with E-state index in [1.54, 1.807) is 53.4 Å². The Bertz CT molecular complexity index is 1120. The van der Waals surface area contributed by atoms with Crippen molar-refractivity contribution in [2.45, 2.75) is 13.8 Å². The molecule has 0 atom stereocenters. The molecule has 0 radical (unpaired) electrons. The van der Waals surface area contributed by atoms with E-state index >= 15 is 0 Å². The summed E-state index contributed by atoms with van der Waals surface area (Å²) in [4.78, 5) is 36.3. The van der Waals surface area contributed by atoms with Crippen molar-refractivity contribution in [1.82, 2.24) is 4.57 Å². The zero-order valence-corrected chi connectivity index (χ0v) is 15.8. The normalized spacial score (nSPS) is 10.2. The van der Waals surface area contributed by atoms with Crippen LogP contribution < -0.4 is 5.32 Å². The Morgan fingerprint density at radius 3 is 2.52 bits per heavy atom. The third-order valence-electron chi connectivity index (χ3n) is 4.14. The average Bonchev–Trinajstić information content (AvgIpc) is 3.33. The lowest BCUT2D eigenvalue weighted by Gasteiger charge is -2.09. The number of hydrogen-bond acceptors (Lipinski definition) is 6. The van der Waals surface area contributed by atoms with Crippen LogP contribution in [0.15, 0.2) is 53.2 Å². The zero-order valence-electron chi connectivity index (χ0n) is 15.8. The fourth-order valence-corrected chi connectivity index (χ4v) is 2.82. The maximum atomic E-state index is 12.5. The maximum Gasteiger partial charge on any atom is 0.343 e. The Kier molecular flexibility index (Phi) is 5.60. The number of ether oxygens (including phenoxy) is 1. The van der Waals surface area contributed by atoms with Crippen LogP contribution in [0.3, 0.4) is 0 Å². The molecule has 2 heterocycles. The van der Waals surface area contributed by atoms with Gasteiger partial charge in [-0.25, -0.2) is 4.79 Å². The number of aryl methyl sites for hydroxylation is 1. The van der Waals surface area contributed by atoms with E-state index in [-0.39, 0.29) is 28.6 Å². The predicted octanol–water partition coefficient (Wildman–Crippen LogP) is 3.25. The number of anilines is 1. The fourth-order valence-electron chi connectivity index (χ4n) is 2.82. The molecule has 0 saturated carbocycles. The summed E-state index contributed by atoms with van der Waals surface area (Å²) in [6.07, 6.45) is 3.35. The van der Waals surface area contributed by atoms with E-state index in [0.29, 0.717) is 11.3 Å². The van der Waals surface area contributed by atoms with Crippen molar-refractivity contribution in [3.63, 3.8) is 0 Å². The zero-order chi connectivity index (χ0) is 21.0. The van der Waals surface area contributed by atoms with E-state index < -0.39 is 18.5 Å². The van der Waals surface area contributed by atoms with Crippen molar-refractivity contribution >= 4 is 23.3 Å². The molecule has 1 aromatic carbocycles. The number of esters is 1. The Hall–Kier alpha value is -4.12. The van der Waals surface area contributed by atoms with Crippen LogP contribution in [0.1, 0.15) is 39.0 Å². The monoisotopic (exact) mass is 391 g/mol. The number of nitrogens with one attached hydrogen (secondary N) is 1. The number of ketones is 1. The molecule has 1 N–H and O–H groups in total. The molecule has 0 saturated heterocycles. The van der Waals surface area contributed by atoms with Crippen molar-refractivity contribution in [1.29, 1.82) is 5.26 Å². The van der Waals surface area contributed by atoms with E-state index in [1.165, 1.54) is 13.8 Å². The summed E-state index contributed by atoms with van der Waals surface area (Å²) in [6, 6.07) is 12.0. The van der Waals surface area contributed by atoms with E-state index in [9.17, 15) is 19.6 Å². The standard InChI is InChI=1S/C21H17N3O5/c1-13(25)15-7-3-4-8-17(15)23-18(26)12-28-21(27)19-14(2)29-20(16(19)11-22)24-9-5-6-10-24/h3-10H,12H2,1-2H3,(H,23,26). The van der Waals surface area contributed by atoms with Gasteiger partial charge in [0.1, 0.15) is 23.0 Å². The van der Waals surface area contributed by atoms with Gasteiger partial charge in [-0.2, -0.15) is 5.26 Å². The number of furan rings is 1. The molecule has 0 unspecified atom stereocenters. The summed E-state index contributed by atoms with van der Waals surface area (Å²) in [5, 5.41) is 12.0. The summed E-state index contributed by atoms with van der Waals surface area (Å²) in [6.45, 7) is 2.34. The molecule has 146 valence electrons. The molecule has 8 nitrogen and oxygen atoms in total. The lowest BCUT2D eigenvalue weighted by atomic mass is 10.1. The van der Waals surface area contributed by atoms with Crippen molar-refractivity contribution < 1.29 is 23.5 Å². The van der Waals surface area contributed by atoms with Crippen molar-refractivity contribution in [2.24, 2.45) is 0 Å². The van der Waals surface area contributed by atoms with Gasteiger partial charge in [0.15, 0.2) is 12.4 Å². The van der Waals surface area contributed by atoms with Crippen LogP contribution in [-0.2, 0) is 9.53 Å². The van der Waals surface area contributed by atoms with Gasteiger partial charge in [-0.15, -0.1) is 0 Å². The minimum Gasteiger partial charge on any atom is -0.452 e. The summed E-state index contributed by atoms with van der Waals surface area (Å²) < 4.78 is 12.2. The van der Waals surface area contributed by atoms with Crippen LogP contribution in [0.5, 0.6) is 0 Å². The van der Waals surface area contributed by atoms with E-state index in [4.69, 9.17) is 9.15 Å². The lowest BCUT2D eigenvalue weighted by molar-refractivity contribution is -0.119. The molecule has 0 spiro atoms. The van der Waals surface area contributed by atoms with Gasteiger partial charge in [0, 0.05) is 18.0 Å². The number of benzene rings is 1. The third kappa shape index (κ3) is 4.09. The number of nitriles is 1. The highest BCUT2D eigenvalue weighted by Crippen LogP contribution is 2.26. The van der Waals surface area contributed by atoms with Gasteiger partial charge in [0.2, 0.25) is 5.88 Å². The highest BCUT2D eigenvalue weighted by Gasteiger charge is 2.26. The highest BCUT2D eigenvalue weighted by atomic mass is 16.5. The number of amides is 1. The topological polar surface area (TPSA) is 114 Å². The van der Waals surface area contributed by atoms with Crippen molar-refractivity contribution in [2.75, 3.05) is 11.9 Å². The number of aromatic nitrogens is 1. The molecule has 2 aromatic heterocycles. The number of hydrogen-bond donors (Lipinski definition) is 1. The lowest BCUT2D eigenvalue weighted by Crippen LogP contribution is -2.22. The molecule has 3 rings (SSSR count). The van der Waals surface area contributed by atoms with Crippen LogP contribution in [0.25, 0.3) is 5.88 Å². The molecule has 0 fully saturated rings. The van der Waals surface area contributed by atoms with Gasteiger partial charge in [0.05, 0.1) is 5.69 Å². The second kappa shape index (κ2) is 8.27. The van der Waals surface area contributed by atoms with Crippen LogP contribution >= 0.6 is 0 Å². The molecule has 29 heavy (non-hydrogen) atoms. The molecular formula is C21H17N3O5. The average molecular weight is 391 g/mol. The van der Waals surface area contributed by atoms with Gasteiger partial charge < -0.3 is 14.5 Å². The maximum absolute atomic E-state index is 12.5. The summed E-state index contributed by atoms with van der Waals surface area (Å²) >= 11 is 0. The van der Waals surface area contributed by atoms with Crippen LogP contribution in [0, 0.1) is 18.3 Å². The molecular weight excluding hydrogens is 374 g/mol. The van der Waals surface area contributed by atoms with Crippen molar-refractivity contribution in [3.8, 4) is 12.0 Å². The first-order valence-electron chi connectivity index (χ1n) is 8.66. The van der Waals surface area contributed by atoms with Crippen LogP contribution in [-0.4, -0.2) is 28.8 Å². The number of para-hydroxylation sites is 1. The van der Waals surface area contributed by atoms with E-state index in [0.717, 1.165) is 0 Å². The summed E-state index contributed by atoms with van der Waals surface area (Å²) in [5.41, 5.74) is 0.660. The Balaban J connectivity index is 1.73. The second-order valence-corrected chi connectivity index (χ2v) is 6.14. The summed E-state index contributed by atoms with van der Waals surface area (Å²) in [7, 11) is 0. The van der Waals surface area contributed by atoms with Gasteiger partial charge in [-0.05, 0) is 38.1 Å². The number of carbonyl (C=O) groups excluding carboxylic acids is 3. The van der Waals surface area contributed by atoms with E-state index in [2.05, 4.69) is 5.32 Å². The SMILES string of the molecule is CC(=O)c1ccccc1NC(=O)COC(=O)c1c(C)oc(-n2cccc2)c1C#N. The largest absolute Gasteiger partial charge is 0.452 e. The number of rotatable bonds is 6. The van der Waals surface area contributed by atoms with E-state index in [1.807, 2.05) is 6.07 Å². The minimum absolute atomic E-state index is 0.0195. The number of nitrogens with zero attached hydrogens (tertiary/aromatic N) is 2. The van der Waals surface area contributed by atoms with Gasteiger partial charge in [0.25, 0.3) is 5.91 Å². The number of carbonyl (C=O) groups is 3. The molecule has 3 aromatic rings. The molecule has 8 heteroatoms. The van der Waals surface area contributed by atoms with Crippen molar-refractivity contribution in [3.05, 3.63) is 71.2 Å².